The number of halogens is 2. The van der Waals surface area contributed by atoms with Crippen LogP contribution in [0.25, 0.3) is 16.7 Å². The van der Waals surface area contributed by atoms with Crippen molar-refractivity contribution in [3.8, 4) is 5.69 Å². The summed E-state index contributed by atoms with van der Waals surface area (Å²) in [5.41, 5.74) is 4.13. The van der Waals surface area contributed by atoms with Gasteiger partial charge in [0.15, 0.2) is 0 Å². The highest BCUT2D eigenvalue weighted by Gasteiger charge is 2.32. The van der Waals surface area contributed by atoms with E-state index in [0.29, 0.717) is 46.7 Å². The number of rotatable bonds is 9. The molecule has 0 saturated carbocycles. The minimum atomic E-state index is -2.70. The van der Waals surface area contributed by atoms with Gasteiger partial charge >= 0.3 is 12.2 Å². The number of nitrogens with one attached hydrogen (secondary N) is 1. The van der Waals surface area contributed by atoms with Gasteiger partial charge < -0.3 is 14.4 Å². The first-order valence-corrected chi connectivity index (χ1v) is 18.6. The highest BCUT2D eigenvalue weighted by Crippen LogP contribution is 2.35. The van der Waals surface area contributed by atoms with Crippen molar-refractivity contribution in [2.75, 3.05) is 16.8 Å². The number of hydrogen-bond acceptors (Lipinski definition) is 7. The molecule has 0 aliphatic carbocycles. The van der Waals surface area contributed by atoms with Gasteiger partial charge in [-0.05, 0) is 92.6 Å². The van der Waals surface area contributed by atoms with Crippen molar-refractivity contribution in [1.82, 2.24) is 14.5 Å². The largest absolute Gasteiger partial charge is 0.445 e. The lowest BCUT2D eigenvalue weighted by molar-refractivity contribution is 0.0539. The molecule has 13 heteroatoms. The number of aromatic nitrogens is 2. The molecule has 3 amide bonds. The second-order valence-corrected chi connectivity index (χ2v) is 16.6. The van der Waals surface area contributed by atoms with Gasteiger partial charge in [0.1, 0.15) is 12.2 Å². The monoisotopic (exact) mass is 757 g/mol. The smallest absolute Gasteiger partial charge is 0.414 e. The fourth-order valence-corrected chi connectivity index (χ4v) is 6.92. The lowest BCUT2D eigenvalue weighted by Crippen LogP contribution is -2.45. The summed E-state index contributed by atoms with van der Waals surface area (Å²) in [6, 6.07) is 23.2. The molecule has 3 heterocycles. The molecule has 0 saturated heterocycles. The zero-order valence-electron chi connectivity index (χ0n) is 31.5. The van der Waals surface area contributed by atoms with Gasteiger partial charge in [-0.3, -0.25) is 19.6 Å². The molecule has 1 aliphatic heterocycles. The van der Waals surface area contributed by atoms with E-state index in [4.69, 9.17) is 14.5 Å². The predicted molar refractivity (Wildman–Crippen MR) is 207 cm³/mol. The summed E-state index contributed by atoms with van der Waals surface area (Å²) in [5.74, 6) is -0.436. The first-order valence-electron chi connectivity index (χ1n) is 17.8. The number of imidazole rings is 1. The molecule has 0 radical (unpaired) electrons. The van der Waals surface area contributed by atoms with Gasteiger partial charge in [-0.15, -0.1) is 11.3 Å². The topological polar surface area (TPSA) is 106 Å². The van der Waals surface area contributed by atoms with E-state index >= 15 is 0 Å². The molecule has 0 bridgehead atoms. The molecule has 54 heavy (non-hydrogen) atoms. The Balaban J connectivity index is 1.37. The number of anilines is 2. The number of benzene rings is 3. The standard InChI is InChI=1S/C41H45F2N5O5S/c1-25(40(2,3)4)47(38(50)52-24-26-11-9-8-10-12-26)23-27-13-16-31-30(21-27)44-37(45-36(49)34-18-17-33(54-34)35(42)43)48(31)29-15-14-28-19-20-46(32(28)22-29)39(51)53-41(5,6)7/h8-18,21-22,25,35H,19-20,23-24H2,1-7H3,(H,44,45,49)/t25-/m0/s1. The summed E-state index contributed by atoms with van der Waals surface area (Å²) in [4.78, 5) is 48.3. The van der Waals surface area contributed by atoms with Crippen molar-refractivity contribution < 1.29 is 32.6 Å². The maximum absolute atomic E-state index is 13.6. The van der Waals surface area contributed by atoms with E-state index in [2.05, 4.69) is 26.1 Å². The number of alkyl halides is 2. The third kappa shape index (κ3) is 8.57. The van der Waals surface area contributed by atoms with Crippen LogP contribution in [0.4, 0.5) is 30.0 Å². The van der Waals surface area contributed by atoms with Gasteiger partial charge in [0.05, 0.1) is 32.2 Å². The third-order valence-corrected chi connectivity index (χ3v) is 10.5. The van der Waals surface area contributed by atoms with E-state index in [1.54, 1.807) is 14.4 Å². The lowest BCUT2D eigenvalue weighted by atomic mass is 9.87. The first kappa shape index (κ1) is 38.4. The highest BCUT2D eigenvalue weighted by atomic mass is 32.1. The molecule has 1 aliphatic rings. The summed E-state index contributed by atoms with van der Waals surface area (Å²) in [6.45, 7) is 14.4. The Morgan fingerprint density at radius 3 is 2.35 bits per heavy atom. The molecule has 5 aromatic rings. The van der Waals surface area contributed by atoms with Crippen molar-refractivity contribution in [2.24, 2.45) is 5.41 Å². The zero-order chi connectivity index (χ0) is 38.9. The molecule has 3 aromatic carbocycles. The number of carbonyl (C=O) groups excluding carboxylic acids is 3. The molecule has 1 atom stereocenters. The number of thiophene rings is 1. The number of nitrogens with zero attached hydrogens (tertiary/aromatic N) is 4. The summed E-state index contributed by atoms with van der Waals surface area (Å²) >= 11 is 0.714. The van der Waals surface area contributed by atoms with E-state index in [9.17, 15) is 23.2 Å². The second kappa shape index (κ2) is 15.2. The van der Waals surface area contributed by atoms with Crippen molar-refractivity contribution in [2.45, 2.75) is 86.1 Å². The average molecular weight is 758 g/mol. The van der Waals surface area contributed by atoms with Crippen LogP contribution in [0.2, 0.25) is 0 Å². The maximum atomic E-state index is 13.6. The van der Waals surface area contributed by atoms with Crippen LogP contribution in [0.1, 0.15) is 86.1 Å². The Kier molecular flexibility index (Phi) is 10.8. The Morgan fingerprint density at radius 2 is 1.69 bits per heavy atom. The van der Waals surface area contributed by atoms with Gasteiger partial charge in [-0.25, -0.2) is 23.4 Å². The highest BCUT2D eigenvalue weighted by molar-refractivity contribution is 7.14. The van der Waals surface area contributed by atoms with Crippen LogP contribution < -0.4 is 10.2 Å². The van der Waals surface area contributed by atoms with Crippen LogP contribution in [0.5, 0.6) is 0 Å². The predicted octanol–water partition coefficient (Wildman–Crippen LogP) is 10.1. The Labute approximate surface area is 317 Å². The molecular weight excluding hydrogens is 713 g/mol. The van der Waals surface area contributed by atoms with Crippen molar-refractivity contribution in [1.29, 1.82) is 0 Å². The van der Waals surface area contributed by atoms with Gasteiger partial charge in [0.2, 0.25) is 5.95 Å². The van der Waals surface area contributed by atoms with Crippen LogP contribution >= 0.6 is 11.3 Å². The third-order valence-electron chi connectivity index (χ3n) is 9.36. The quantitative estimate of drug-likeness (QED) is 0.161. The minimum absolute atomic E-state index is 0.107. The Morgan fingerprint density at radius 1 is 0.944 bits per heavy atom. The van der Waals surface area contributed by atoms with E-state index < -0.39 is 30.1 Å². The first-order chi connectivity index (χ1) is 25.5. The molecule has 6 rings (SSSR count). The molecule has 1 N–H and O–H groups in total. The zero-order valence-corrected chi connectivity index (χ0v) is 32.3. The van der Waals surface area contributed by atoms with Gasteiger partial charge in [0, 0.05) is 19.1 Å². The molecule has 0 unspecified atom stereocenters. The van der Waals surface area contributed by atoms with Gasteiger partial charge in [0.25, 0.3) is 12.3 Å². The number of ether oxygens (including phenoxy) is 2. The van der Waals surface area contributed by atoms with E-state index in [-0.39, 0.29) is 40.3 Å². The van der Waals surface area contributed by atoms with Gasteiger partial charge in [-0.1, -0.05) is 63.2 Å². The Bertz CT molecular complexity index is 2170. The molecule has 2 aromatic heterocycles. The van der Waals surface area contributed by atoms with Crippen molar-refractivity contribution >= 4 is 52.1 Å². The van der Waals surface area contributed by atoms with Crippen LogP contribution in [-0.4, -0.2) is 50.7 Å². The number of amides is 3. The number of hydrogen-bond donors (Lipinski definition) is 1. The van der Waals surface area contributed by atoms with Crippen LogP contribution in [0.15, 0.2) is 78.9 Å². The van der Waals surface area contributed by atoms with Crippen LogP contribution in [0, 0.1) is 5.41 Å². The molecule has 0 fully saturated rings. The minimum Gasteiger partial charge on any atom is -0.445 e. The van der Waals surface area contributed by atoms with Crippen molar-refractivity contribution in [3.63, 3.8) is 0 Å². The maximum Gasteiger partial charge on any atom is 0.414 e. The molecule has 284 valence electrons. The van der Waals surface area contributed by atoms with E-state index in [0.717, 1.165) is 16.7 Å². The fourth-order valence-electron chi connectivity index (χ4n) is 6.16. The number of fused-ring (bicyclic) bond motifs is 2. The second-order valence-electron chi connectivity index (χ2n) is 15.5. The summed E-state index contributed by atoms with van der Waals surface area (Å²) in [5, 5.41) is 2.84. The molecule has 10 nitrogen and oxygen atoms in total. The van der Waals surface area contributed by atoms with Gasteiger partial charge in [-0.2, -0.15) is 0 Å². The summed E-state index contributed by atoms with van der Waals surface area (Å²) in [6.07, 6.45) is -2.97. The SMILES string of the molecule is C[C@H](N(Cc1ccc2c(c1)nc(NC(=O)c1ccc(C(F)F)s1)n2-c1ccc2c(c1)N(C(=O)OC(C)(C)C)CC2)C(=O)OCc1ccccc1)C(C)(C)C. The van der Waals surface area contributed by atoms with Crippen LogP contribution in [0.3, 0.4) is 0 Å². The lowest BCUT2D eigenvalue weighted by Gasteiger charge is -2.37. The normalized spacial score (nSPS) is 13.6. The van der Waals surface area contributed by atoms with Crippen LogP contribution in [-0.2, 0) is 29.0 Å². The fraction of sp³-hybridized carbons (Fsp3) is 0.366. The van der Waals surface area contributed by atoms with E-state index in [1.165, 1.54) is 12.1 Å². The Hall–Kier alpha value is -5.30. The average Bonchev–Trinajstić information content (AvgIpc) is 3.85. The molecular formula is C41H45F2N5O5S. The number of carbonyl (C=O) groups is 3. The molecule has 0 spiro atoms. The summed E-state index contributed by atoms with van der Waals surface area (Å²) in [7, 11) is 0. The van der Waals surface area contributed by atoms with Crippen molar-refractivity contribution in [3.05, 3.63) is 105 Å². The summed E-state index contributed by atoms with van der Waals surface area (Å²) < 4.78 is 40.0. The van der Waals surface area contributed by atoms with E-state index in [1.807, 2.05) is 94.4 Å².